The maximum atomic E-state index is 9.16. The molecule has 21 heavy (non-hydrogen) atoms. The first-order valence-corrected chi connectivity index (χ1v) is 6.94. The largest absolute Gasteiger partial charge is 0.456 e. The summed E-state index contributed by atoms with van der Waals surface area (Å²) in [6.07, 6.45) is 2.53. The van der Waals surface area contributed by atoms with Gasteiger partial charge >= 0.3 is 0 Å². The van der Waals surface area contributed by atoms with E-state index in [4.69, 9.17) is 27.0 Å². The fourth-order valence-corrected chi connectivity index (χ4v) is 2.19. The minimum absolute atomic E-state index is 0.343. The molecule has 1 aromatic heterocycles. The predicted molar refractivity (Wildman–Crippen MR) is 83.2 cm³/mol. The molecule has 1 aromatic carbocycles. The van der Waals surface area contributed by atoms with Crippen molar-refractivity contribution in [3.63, 3.8) is 0 Å². The minimum Gasteiger partial charge on any atom is -0.456 e. The van der Waals surface area contributed by atoms with Crippen LogP contribution in [-0.4, -0.2) is 18.7 Å². The fraction of sp³-hybridized carbons (Fsp3) is 0.250. The molecule has 0 saturated heterocycles. The van der Waals surface area contributed by atoms with Crippen molar-refractivity contribution in [2.75, 3.05) is 13.7 Å². The monoisotopic (exact) mass is 300 g/mol. The summed E-state index contributed by atoms with van der Waals surface area (Å²) in [4.78, 5) is 2.82. The van der Waals surface area contributed by atoms with E-state index >= 15 is 0 Å². The van der Waals surface area contributed by atoms with E-state index < -0.39 is 0 Å². The zero-order chi connectivity index (χ0) is 15.2. The summed E-state index contributed by atoms with van der Waals surface area (Å²) in [5.74, 6) is 1.18. The molecule has 0 amide bonds. The van der Waals surface area contributed by atoms with Crippen LogP contribution in [0.5, 0.6) is 11.5 Å². The van der Waals surface area contributed by atoms with Crippen LogP contribution in [0.2, 0.25) is 0 Å². The van der Waals surface area contributed by atoms with Crippen molar-refractivity contribution < 1.29 is 9.47 Å². The van der Waals surface area contributed by atoms with E-state index in [0.29, 0.717) is 28.3 Å². The van der Waals surface area contributed by atoms with Crippen molar-refractivity contribution in [2.45, 2.75) is 13.3 Å². The quantitative estimate of drug-likeness (QED) is 0.851. The second kappa shape index (κ2) is 7.02. The number of rotatable bonds is 5. The van der Waals surface area contributed by atoms with Crippen molar-refractivity contribution in [1.82, 2.24) is 4.98 Å². The van der Waals surface area contributed by atoms with Gasteiger partial charge in [0.1, 0.15) is 27.8 Å². The smallest absolute Gasteiger partial charge is 0.149 e. The van der Waals surface area contributed by atoms with Crippen LogP contribution in [0.15, 0.2) is 30.5 Å². The van der Waals surface area contributed by atoms with Gasteiger partial charge in [-0.1, -0.05) is 24.4 Å². The fourth-order valence-electron chi connectivity index (χ4n) is 1.97. The van der Waals surface area contributed by atoms with Crippen molar-refractivity contribution in [3.8, 4) is 17.6 Å². The van der Waals surface area contributed by atoms with E-state index in [1.165, 1.54) is 5.56 Å². The van der Waals surface area contributed by atoms with E-state index in [-0.39, 0.29) is 0 Å². The van der Waals surface area contributed by atoms with Gasteiger partial charge in [0.05, 0.1) is 6.61 Å². The molecule has 0 bridgehead atoms. The molecule has 0 aliphatic rings. The van der Waals surface area contributed by atoms with Crippen molar-refractivity contribution in [1.29, 1.82) is 5.26 Å². The van der Waals surface area contributed by atoms with Crippen LogP contribution in [0, 0.1) is 22.9 Å². The first-order chi connectivity index (χ1) is 10.2. The van der Waals surface area contributed by atoms with Crippen molar-refractivity contribution in [2.24, 2.45) is 0 Å². The third-order valence-electron chi connectivity index (χ3n) is 3.09. The van der Waals surface area contributed by atoms with Gasteiger partial charge in [-0.2, -0.15) is 5.26 Å². The third-order valence-corrected chi connectivity index (χ3v) is 3.41. The molecular weight excluding hydrogens is 284 g/mol. The van der Waals surface area contributed by atoms with Gasteiger partial charge in [0.2, 0.25) is 0 Å². The molecule has 2 aromatic rings. The summed E-state index contributed by atoms with van der Waals surface area (Å²) in [6.45, 7) is 2.66. The summed E-state index contributed by atoms with van der Waals surface area (Å²) >= 11 is 5.08. The number of H-pyrrole nitrogens is 1. The lowest BCUT2D eigenvalue weighted by Gasteiger charge is -2.11. The van der Waals surface area contributed by atoms with E-state index in [2.05, 4.69) is 17.1 Å². The normalized spacial score (nSPS) is 10.1. The van der Waals surface area contributed by atoms with Gasteiger partial charge in [0, 0.05) is 13.3 Å². The number of benzene rings is 1. The standard InChI is InChI=1S/C16H16N2O2S/c1-11-9-12(6-8-19-2)3-4-14(11)20-15-5-7-18-16(21)13(15)10-17/h3-5,7,9H,6,8H2,1-2H3,(H,18,21). The van der Waals surface area contributed by atoms with Crippen LogP contribution in [0.4, 0.5) is 0 Å². The highest BCUT2D eigenvalue weighted by atomic mass is 32.1. The number of nitrogens with zero attached hydrogens (tertiary/aromatic N) is 1. The molecule has 108 valence electrons. The molecule has 1 N–H and O–H groups in total. The Labute approximate surface area is 129 Å². The second-order valence-electron chi connectivity index (χ2n) is 4.60. The lowest BCUT2D eigenvalue weighted by atomic mass is 10.1. The molecule has 1 heterocycles. The lowest BCUT2D eigenvalue weighted by Crippen LogP contribution is -1.97. The minimum atomic E-state index is 0.343. The number of pyridine rings is 1. The summed E-state index contributed by atoms with van der Waals surface area (Å²) in [7, 11) is 1.69. The zero-order valence-corrected chi connectivity index (χ0v) is 12.8. The highest BCUT2D eigenvalue weighted by Crippen LogP contribution is 2.28. The molecule has 0 spiro atoms. The Kier molecular flexibility index (Phi) is 5.09. The van der Waals surface area contributed by atoms with Gasteiger partial charge in [-0.15, -0.1) is 0 Å². The van der Waals surface area contributed by atoms with E-state index in [9.17, 15) is 0 Å². The number of nitrogens with one attached hydrogen (secondary N) is 1. The van der Waals surface area contributed by atoms with Crippen LogP contribution in [0.3, 0.4) is 0 Å². The van der Waals surface area contributed by atoms with Crippen LogP contribution >= 0.6 is 12.2 Å². The summed E-state index contributed by atoms with van der Waals surface area (Å²) in [6, 6.07) is 9.73. The van der Waals surface area contributed by atoms with Gasteiger partial charge in [-0.05, 0) is 36.6 Å². The van der Waals surface area contributed by atoms with Crippen molar-refractivity contribution in [3.05, 3.63) is 51.8 Å². The van der Waals surface area contributed by atoms with Gasteiger partial charge in [-0.3, -0.25) is 0 Å². The van der Waals surface area contributed by atoms with Gasteiger partial charge in [-0.25, -0.2) is 0 Å². The molecule has 4 nitrogen and oxygen atoms in total. The number of hydrogen-bond acceptors (Lipinski definition) is 4. The molecule has 0 aliphatic carbocycles. The molecule has 0 atom stereocenters. The lowest BCUT2D eigenvalue weighted by molar-refractivity contribution is 0.202. The topological polar surface area (TPSA) is 58.0 Å². The van der Waals surface area contributed by atoms with Gasteiger partial charge in [0.25, 0.3) is 0 Å². The van der Waals surface area contributed by atoms with Gasteiger partial charge in [0.15, 0.2) is 0 Å². The second-order valence-corrected chi connectivity index (χ2v) is 5.01. The number of ether oxygens (including phenoxy) is 2. The maximum Gasteiger partial charge on any atom is 0.149 e. The Morgan fingerprint density at radius 1 is 1.29 bits per heavy atom. The Morgan fingerprint density at radius 3 is 2.76 bits per heavy atom. The molecule has 2 rings (SSSR count). The van der Waals surface area contributed by atoms with Crippen LogP contribution < -0.4 is 4.74 Å². The first kappa shape index (κ1) is 15.2. The van der Waals surface area contributed by atoms with Crippen LogP contribution in [0.25, 0.3) is 0 Å². The molecule has 5 heteroatoms. The van der Waals surface area contributed by atoms with Crippen LogP contribution in [-0.2, 0) is 11.2 Å². The number of aromatic nitrogens is 1. The Bertz CT molecular complexity index is 732. The van der Waals surface area contributed by atoms with Crippen molar-refractivity contribution >= 4 is 12.2 Å². The SMILES string of the molecule is COCCc1ccc(Oc2cc[nH]c(=S)c2C#N)c(C)c1. The third kappa shape index (κ3) is 3.69. The number of hydrogen-bond donors (Lipinski definition) is 1. The van der Waals surface area contributed by atoms with E-state index in [1.54, 1.807) is 19.4 Å². The molecule has 0 aliphatic heterocycles. The van der Waals surface area contributed by atoms with E-state index in [1.807, 2.05) is 19.1 Å². The molecular formula is C16H16N2O2S. The highest BCUT2D eigenvalue weighted by molar-refractivity contribution is 7.71. The Morgan fingerprint density at radius 2 is 2.10 bits per heavy atom. The number of nitriles is 1. The van der Waals surface area contributed by atoms with Crippen LogP contribution in [0.1, 0.15) is 16.7 Å². The molecule has 0 unspecified atom stereocenters. The average Bonchev–Trinajstić information content (AvgIpc) is 2.48. The summed E-state index contributed by atoms with van der Waals surface area (Å²) < 4.78 is 11.3. The van der Waals surface area contributed by atoms with E-state index in [0.717, 1.165) is 12.0 Å². The summed E-state index contributed by atoms with van der Waals surface area (Å²) in [5, 5.41) is 9.16. The predicted octanol–water partition coefficient (Wildman–Crippen LogP) is 3.91. The first-order valence-electron chi connectivity index (χ1n) is 6.54. The number of aryl methyl sites for hydroxylation is 1. The molecule has 0 fully saturated rings. The summed E-state index contributed by atoms with van der Waals surface area (Å²) in [5.41, 5.74) is 2.54. The number of methoxy groups -OCH3 is 1. The molecule has 0 saturated carbocycles. The Balaban J connectivity index is 2.27. The maximum absolute atomic E-state index is 9.16. The average molecular weight is 300 g/mol. The molecule has 0 radical (unpaired) electrons. The zero-order valence-electron chi connectivity index (χ0n) is 12.0. The number of aromatic amines is 1. The van der Waals surface area contributed by atoms with Gasteiger partial charge < -0.3 is 14.5 Å². The highest BCUT2D eigenvalue weighted by Gasteiger charge is 2.08. The Hall–Kier alpha value is -2.16.